The number of phenols is 3. The van der Waals surface area contributed by atoms with Crippen LogP contribution in [-0.4, -0.2) is 53.5 Å². The lowest BCUT2D eigenvalue weighted by Crippen LogP contribution is -2.07. The van der Waals surface area contributed by atoms with Gasteiger partial charge in [-0.25, -0.2) is 0 Å². The van der Waals surface area contributed by atoms with E-state index in [0.29, 0.717) is 16.7 Å². The maximum atomic E-state index is 11.0. The van der Waals surface area contributed by atoms with Crippen molar-refractivity contribution in [3.8, 4) is 17.2 Å². The molecule has 6 nitrogen and oxygen atoms in total. The van der Waals surface area contributed by atoms with Crippen molar-refractivity contribution in [2.45, 2.75) is 43.5 Å². The van der Waals surface area contributed by atoms with Gasteiger partial charge in [0.2, 0.25) is 0 Å². The summed E-state index contributed by atoms with van der Waals surface area (Å²) in [7, 11) is 0. The van der Waals surface area contributed by atoms with Gasteiger partial charge in [-0.05, 0) is 34.9 Å². The summed E-state index contributed by atoms with van der Waals surface area (Å²) in [6, 6.07) is 16.9. The highest BCUT2D eigenvalue weighted by Gasteiger charge is 2.29. The monoisotopic (exact) mass is 460 g/mol. The summed E-state index contributed by atoms with van der Waals surface area (Å²) in [6.07, 6.45) is 2.93. The summed E-state index contributed by atoms with van der Waals surface area (Å²) in [4.78, 5) is 0. The van der Waals surface area contributed by atoms with Gasteiger partial charge >= 0.3 is 0 Å². The number of phenolic OH excluding ortho intramolecular Hbond substituents is 3. The van der Waals surface area contributed by atoms with E-state index < -0.39 is 5.92 Å². The first-order chi connectivity index (χ1) is 16.5. The van der Waals surface area contributed by atoms with E-state index >= 15 is 0 Å². The molecular formula is C28H28O6. The first-order valence-electron chi connectivity index (χ1n) is 11.8. The quantitative estimate of drug-likeness (QED) is 0.332. The van der Waals surface area contributed by atoms with Crippen LogP contribution in [0.2, 0.25) is 0 Å². The molecule has 6 rings (SSSR count). The van der Waals surface area contributed by atoms with Crippen LogP contribution >= 0.6 is 0 Å². The van der Waals surface area contributed by atoms with Crippen molar-refractivity contribution >= 4 is 0 Å². The molecule has 3 aromatic carbocycles. The molecule has 3 atom stereocenters. The third kappa shape index (κ3) is 4.75. The van der Waals surface area contributed by atoms with Crippen LogP contribution in [-0.2, 0) is 33.5 Å². The van der Waals surface area contributed by atoms with Crippen LogP contribution in [0.1, 0.15) is 39.3 Å². The van der Waals surface area contributed by atoms with Crippen molar-refractivity contribution in [3.05, 3.63) is 88.0 Å². The van der Waals surface area contributed by atoms with Crippen LogP contribution in [0.4, 0.5) is 0 Å². The summed E-state index contributed by atoms with van der Waals surface area (Å²) in [6.45, 7) is 2.26. The number of hydrogen-bond acceptors (Lipinski definition) is 6. The molecule has 3 heterocycles. The highest BCUT2D eigenvalue weighted by Crippen LogP contribution is 2.44. The Morgan fingerprint density at radius 3 is 1.09 bits per heavy atom. The van der Waals surface area contributed by atoms with E-state index in [9.17, 15) is 15.3 Å². The fraction of sp³-hybridized carbons (Fsp3) is 0.357. The topological polar surface area (TPSA) is 98.3 Å². The summed E-state index contributed by atoms with van der Waals surface area (Å²) in [5.74, 6) is -0.141. The van der Waals surface area contributed by atoms with Crippen molar-refractivity contribution in [1.82, 2.24) is 0 Å². The highest BCUT2D eigenvalue weighted by atomic mass is 16.6. The van der Waals surface area contributed by atoms with Gasteiger partial charge in [0.05, 0.1) is 38.1 Å². The van der Waals surface area contributed by atoms with Gasteiger partial charge in [-0.3, -0.25) is 0 Å². The molecule has 176 valence electrons. The van der Waals surface area contributed by atoms with Crippen molar-refractivity contribution in [3.63, 3.8) is 0 Å². The number of ether oxygens (including phenoxy) is 3. The van der Waals surface area contributed by atoms with Crippen molar-refractivity contribution in [2.24, 2.45) is 0 Å². The van der Waals surface area contributed by atoms with Crippen LogP contribution in [0.25, 0.3) is 0 Å². The lowest BCUT2D eigenvalue weighted by atomic mass is 9.82. The second kappa shape index (κ2) is 8.62. The van der Waals surface area contributed by atoms with Crippen molar-refractivity contribution in [2.75, 3.05) is 19.8 Å². The van der Waals surface area contributed by atoms with Crippen molar-refractivity contribution < 1.29 is 29.5 Å². The largest absolute Gasteiger partial charge is 0.508 e. The van der Waals surface area contributed by atoms with Gasteiger partial charge in [-0.1, -0.05) is 36.4 Å². The Morgan fingerprint density at radius 1 is 0.559 bits per heavy atom. The Morgan fingerprint density at radius 2 is 0.853 bits per heavy atom. The van der Waals surface area contributed by atoms with E-state index in [1.54, 1.807) is 18.2 Å². The van der Waals surface area contributed by atoms with E-state index in [2.05, 4.69) is 0 Å². The zero-order chi connectivity index (χ0) is 23.2. The molecule has 3 N–H and O–H groups in total. The van der Waals surface area contributed by atoms with Crippen LogP contribution < -0.4 is 0 Å². The average molecular weight is 461 g/mol. The molecule has 3 aliphatic heterocycles. The molecule has 6 heteroatoms. The molecule has 0 amide bonds. The van der Waals surface area contributed by atoms with Gasteiger partial charge in [0.25, 0.3) is 0 Å². The molecule has 3 saturated heterocycles. The fourth-order valence-electron chi connectivity index (χ4n) is 4.73. The Hall–Kier alpha value is -3.06. The van der Waals surface area contributed by atoms with E-state index in [1.807, 2.05) is 36.4 Å². The zero-order valence-corrected chi connectivity index (χ0v) is 18.8. The maximum absolute atomic E-state index is 11.0. The molecule has 3 aliphatic rings. The Bertz CT molecular complexity index is 1060. The number of benzene rings is 3. The molecule has 3 aromatic rings. The minimum Gasteiger partial charge on any atom is -0.508 e. The predicted molar refractivity (Wildman–Crippen MR) is 126 cm³/mol. The van der Waals surface area contributed by atoms with Gasteiger partial charge in [0.1, 0.15) is 17.2 Å². The Labute approximate surface area is 198 Å². The first-order valence-corrected chi connectivity index (χ1v) is 11.8. The van der Waals surface area contributed by atoms with Crippen LogP contribution in [0.5, 0.6) is 17.2 Å². The lowest BCUT2D eigenvalue weighted by molar-refractivity contribution is 0.407. The minimum atomic E-state index is -0.538. The SMILES string of the molecule is Oc1cc(CC2CO2)ccc1C(c1ccc(CC2CO2)cc1O)c1ccc(CC2CO2)cc1O. The van der Waals surface area contributed by atoms with E-state index in [0.717, 1.165) is 55.8 Å². The van der Waals surface area contributed by atoms with Gasteiger partial charge in [0.15, 0.2) is 0 Å². The summed E-state index contributed by atoms with van der Waals surface area (Å²) in [5.41, 5.74) is 4.87. The number of rotatable bonds is 9. The molecule has 0 radical (unpaired) electrons. The molecular weight excluding hydrogens is 432 g/mol. The van der Waals surface area contributed by atoms with Gasteiger partial charge in [-0.15, -0.1) is 0 Å². The second-order valence-electron chi connectivity index (χ2n) is 9.59. The van der Waals surface area contributed by atoms with Crippen LogP contribution in [0.15, 0.2) is 54.6 Å². The van der Waals surface area contributed by atoms with E-state index in [4.69, 9.17) is 14.2 Å². The first kappa shape index (κ1) is 21.5. The zero-order valence-electron chi connectivity index (χ0n) is 18.8. The summed E-state index contributed by atoms with van der Waals surface area (Å²) >= 11 is 0. The van der Waals surface area contributed by atoms with Gasteiger partial charge < -0.3 is 29.5 Å². The normalized spacial score (nSPS) is 23.5. The summed E-state index contributed by atoms with van der Waals surface area (Å²) in [5, 5.41) is 33.1. The lowest BCUT2D eigenvalue weighted by Gasteiger charge is -2.23. The molecule has 0 bridgehead atoms. The van der Waals surface area contributed by atoms with E-state index in [1.165, 1.54) is 0 Å². The third-order valence-corrected chi connectivity index (χ3v) is 6.81. The standard InChI is InChI=1S/C28H28O6/c29-25-10-16(7-19-13-32-19)1-4-22(25)28(23-5-2-17(11-26(23)30)8-20-14-33-20)24-6-3-18(12-27(24)31)9-21-15-34-21/h1-6,10-12,19-21,28-31H,7-9,13-15H2. The third-order valence-electron chi connectivity index (χ3n) is 6.81. The number of hydrogen-bond donors (Lipinski definition) is 3. The summed E-state index contributed by atoms with van der Waals surface area (Å²) < 4.78 is 16.0. The predicted octanol–water partition coefficient (Wildman–Crippen LogP) is 3.81. The Balaban J connectivity index is 1.39. The van der Waals surface area contributed by atoms with Crippen LogP contribution in [0.3, 0.4) is 0 Å². The maximum Gasteiger partial charge on any atom is 0.120 e. The average Bonchev–Trinajstić information content (AvgIpc) is 3.63. The molecule has 34 heavy (non-hydrogen) atoms. The number of epoxide rings is 3. The molecule has 0 spiro atoms. The fourth-order valence-corrected chi connectivity index (χ4v) is 4.73. The highest BCUT2D eigenvalue weighted by molar-refractivity contribution is 5.57. The molecule has 0 aliphatic carbocycles. The molecule has 0 saturated carbocycles. The Kier molecular flexibility index (Phi) is 5.44. The minimum absolute atomic E-state index is 0.132. The van der Waals surface area contributed by atoms with E-state index in [-0.39, 0.29) is 35.6 Å². The molecule has 3 unspecified atom stereocenters. The van der Waals surface area contributed by atoms with Crippen LogP contribution in [0, 0.1) is 0 Å². The molecule has 3 fully saturated rings. The second-order valence-corrected chi connectivity index (χ2v) is 9.59. The number of aromatic hydroxyl groups is 3. The molecule has 0 aromatic heterocycles. The van der Waals surface area contributed by atoms with Gasteiger partial charge in [-0.2, -0.15) is 0 Å². The van der Waals surface area contributed by atoms with Crippen molar-refractivity contribution in [1.29, 1.82) is 0 Å². The smallest absolute Gasteiger partial charge is 0.120 e. The van der Waals surface area contributed by atoms with Gasteiger partial charge in [0, 0.05) is 41.9 Å².